The fourth-order valence-electron chi connectivity index (χ4n) is 3.63. The first-order chi connectivity index (χ1) is 14.2. The van der Waals surface area contributed by atoms with E-state index < -0.39 is 0 Å². The Morgan fingerprint density at radius 3 is 2.79 bits per heavy atom. The fraction of sp³-hybridized carbons (Fsp3) is 0.333. The Kier molecular flexibility index (Phi) is 6.19. The zero-order valence-electron chi connectivity index (χ0n) is 15.9. The molecule has 1 aromatic carbocycles. The Morgan fingerprint density at radius 2 is 2.03 bits per heavy atom. The zero-order chi connectivity index (χ0) is 20.1. The van der Waals surface area contributed by atoms with Crippen molar-refractivity contribution in [1.82, 2.24) is 19.7 Å². The van der Waals surface area contributed by atoms with Crippen LogP contribution in [0.25, 0.3) is 11.4 Å². The Labute approximate surface area is 173 Å². The SMILES string of the molecule is O=C(CSc1nnc(-c2cccnc2)n1C1CCCCC1)Nc1cccc(F)c1. The van der Waals surface area contributed by atoms with Crippen molar-refractivity contribution >= 4 is 23.4 Å². The highest BCUT2D eigenvalue weighted by atomic mass is 32.2. The summed E-state index contributed by atoms with van der Waals surface area (Å²) in [4.78, 5) is 16.5. The van der Waals surface area contributed by atoms with Crippen LogP contribution in [0.2, 0.25) is 0 Å². The van der Waals surface area contributed by atoms with Crippen molar-refractivity contribution in [3.05, 3.63) is 54.6 Å². The highest BCUT2D eigenvalue weighted by Gasteiger charge is 2.24. The molecule has 4 rings (SSSR count). The van der Waals surface area contributed by atoms with Crippen molar-refractivity contribution in [3.63, 3.8) is 0 Å². The van der Waals surface area contributed by atoms with Gasteiger partial charge in [0.2, 0.25) is 5.91 Å². The van der Waals surface area contributed by atoms with E-state index in [1.54, 1.807) is 24.5 Å². The first-order valence-electron chi connectivity index (χ1n) is 9.74. The molecule has 1 amide bonds. The number of aromatic nitrogens is 4. The molecule has 0 radical (unpaired) electrons. The molecular formula is C21H22FN5OS. The Morgan fingerprint density at radius 1 is 1.17 bits per heavy atom. The fourth-order valence-corrected chi connectivity index (χ4v) is 4.43. The third-order valence-electron chi connectivity index (χ3n) is 4.96. The maximum atomic E-state index is 13.3. The smallest absolute Gasteiger partial charge is 0.234 e. The van der Waals surface area contributed by atoms with E-state index in [1.807, 2.05) is 12.1 Å². The topological polar surface area (TPSA) is 72.7 Å². The number of hydrogen-bond donors (Lipinski definition) is 1. The highest BCUT2D eigenvalue weighted by Crippen LogP contribution is 2.35. The van der Waals surface area contributed by atoms with Gasteiger partial charge in [-0.1, -0.05) is 37.1 Å². The number of amides is 1. The molecule has 1 fully saturated rings. The van der Waals surface area contributed by atoms with Gasteiger partial charge in [-0.25, -0.2) is 4.39 Å². The van der Waals surface area contributed by atoms with Crippen molar-refractivity contribution in [1.29, 1.82) is 0 Å². The molecule has 2 heterocycles. The van der Waals surface area contributed by atoms with Crippen LogP contribution in [0.1, 0.15) is 38.1 Å². The third-order valence-corrected chi connectivity index (χ3v) is 5.91. The van der Waals surface area contributed by atoms with Gasteiger partial charge in [0, 0.05) is 29.7 Å². The Balaban J connectivity index is 1.52. The number of benzene rings is 1. The predicted molar refractivity (Wildman–Crippen MR) is 111 cm³/mol. The van der Waals surface area contributed by atoms with Gasteiger partial charge in [-0.3, -0.25) is 14.3 Å². The second kappa shape index (κ2) is 9.17. The lowest BCUT2D eigenvalue weighted by molar-refractivity contribution is -0.113. The van der Waals surface area contributed by atoms with Gasteiger partial charge in [-0.15, -0.1) is 10.2 Å². The third kappa shape index (κ3) is 4.82. The minimum atomic E-state index is -0.381. The number of carbonyl (C=O) groups excluding carboxylic acids is 1. The summed E-state index contributed by atoms with van der Waals surface area (Å²) in [5.74, 6) is 0.377. The molecule has 3 aromatic rings. The molecule has 1 N–H and O–H groups in total. The first kappa shape index (κ1) is 19.6. The van der Waals surface area contributed by atoms with Crippen LogP contribution < -0.4 is 5.32 Å². The van der Waals surface area contributed by atoms with Crippen LogP contribution in [-0.4, -0.2) is 31.4 Å². The monoisotopic (exact) mass is 411 g/mol. The molecule has 0 bridgehead atoms. The lowest BCUT2D eigenvalue weighted by Gasteiger charge is -2.25. The van der Waals surface area contributed by atoms with Gasteiger partial charge in [0.1, 0.15) is 5.82 Å². The van der Waals surface area contributed by atoms with Gasteiger partial charge in [0.15, 0.2) is 11.0 Å². The van der Waals surface area contributed by atoms with Crippen molar-refractivity contribution in [2.45, 2.75) is 43.3 Å². The van der Waals surface area contributed by atoms with Gasteiger partial charge < -0.3 is 5.32 Å². The summed E-state index contributed by atoms with van der Waals surface area (Å²) in [6.07, 6.45) is 9.28. The summed E-state index contributed by atoms with van der Waals surface area (Å²) < 4.78 is 15.5. The predicted octanol–water partition coefficient (Wildman–Crippen LogP) is 4.72. The molecule has 0 atom stereocenters. The van der Waals surface area contributed by atoms with Gasteiger partial charge in [-0.2, -0.15) is 0 Å². The van der Waals surface area contributed by atoms with Gasteiger partial charge in [0.25, 0.3) is 0 Å². The van der Waals surface area contributed by atoms with Crippen LogP contribution in [0.15, 0.2) is 53.9 Å². The first-order valence-corrected chi connectivity index (χ1v) is 10.7. The molecule has 0 aliphatic heterocycles. The minimum absolute atomic E-state index is 0.175. The van der Waals surface area contributed by atoms with Crippen molar-refractivity contribution < 1.29 is 9.18 Å². The number of nitrogens with one attached hydrogen (secondary N) is 1. The second-order valence-corrected chi connectivity index (χ2v) is 8.00. The van der Waals surface area contributed by atoms with E-state index in [9.17, 15) is 9.18 Å². The summed E-state index contributed by atoms with van der Waals surface area (Å²) in [6.45, 7) is 0. The molecule has 0 spiro atoms. The van der Waals surface area contributed by atoms with E-state index in [-0.39, 0.29) is 17.5 Å². The standard InChI is InChI=1S/C21H22FN5OS/c22-16-7-4-8-17(12-16)24-19(28)14-29-21-26-25-20(15-6-5-11-23-13-15)27(21)18-9-2-1-3-10-18/h4-8,11-13,18H,1-3,9-10,14H2,(H,24,28). The molecule has 1 saturated carbocycles. The molecule has 6 nitrogen and oxygen atoms in total. The van der Waals surface area contributed by atoms with Crippen LogP contribution >= 0.6 is 11.8 Å². The highest BCUT2D eigenvalue weighted by molar-refractivity contribution is 7.99. The molecular weight excluding hydrogens is 389 g/mol. The number of carbonyl (C=O) groups is 1. The average Bonchev–Trinajstić information content (AvgIpc) is 3.17. The van der Waals surface area contributed by atoms with E-state index in [0.29, 0.717) is 11.7 Å². The summed E-state index contributed by atoms with van der Waals surface area (Å²) in [5, 5.41) is 12.2. The molecule has 8 heteroatoms. The normalized spacial score (nSPS) is 14.7. The van der Waals surface area contributed by atoms with Crippen molar-refractivity contribution in [3.8, 4) is 11.4 Å². The molecule has 150 valence electrons. The van der Waals surface area contributed by atoms with E-state index in [0.717, 1.165) is 29.4 Å². The number of pyridine rings is 1. The maximum Gasteiger partial charge on any atom is 0.234 e. The maximum absolute atomic E-state index is 13.3. The molecule has 2 aromatic heterocycles. The zero-order valence-corrected chi connectivity index (χ0v) is 16.7. The van der Waals surface area contributed by atoms with Crippen LogP contribution in [0.4, 0.5) is 10.1 Å². The number of hydrogen-bond acceptors (Lipinski definition) is 5. The van der Waals surface area contributed by atoms with Crippen LogP contribution in [0.5, 0.6) is 0 Å². The van der Waals surface area contributed by atoms with Gasteiger partial charge in [0.05, 0.1) is 5.75 Å². The van der Waals surface area contributed by atoms with Crippen LogP contribution in [-0.2, 0) is 4.79 Å². The summed E-state index contributed by atoms with van der Waals surface area (Å²) in [7, 11) is 0. The number of thioether (sulfide) groups is 1. The van der Waals surface area contributed by atoms with Crippen molar-refractivity contribution in [2.24, 2.45) is 0 Å². The number of halogens is 1. The molecule has 1 aliphatic carbocycles. The quantitative estimate of drug-likeness (QED) is 0.595. The number of nitrogens with zero attached hydrogens (tertiary/aromatic N) is 4. The largest absolute Gasteiger partial charge is 0.325 e. The van der Waals surface area contributed by atoms with Crippen LogP contribution in [0, 0.1) is 5.82 Å². The van der Waals surface area contributed by atoms with Gasteiger partial charge in [-0.05, 0) is 43.2 Å². The molecule has 1 aliphatic rings. The number of rotatable bonds is 6. The summed E-state index contributed by atoms with van der Waals surface area (Å²) in [6, 6.07) is 10.1. The average molecular weight is 412 g/mol. The van der Waals surface area contributed by atoms with E-state index >= 15 is 0 Å². The Bertz CT molecular complexity index is 972. The lowest BCUT2D eigenvalue weighted by atomic mass is 9.95. The van der Waals surface area contributed by atoms with Gasteiger partial charge >= 0.3 is 0 Å². The molecule has 0 unspecified atom stereocenters. The summed E-state index contributed by atoms with van der Waals surface area (Å²) >= 11 is 1.35. The minimum Gasteiger partial charge on any atom is -0.325 e. The number of anilines is 1. The van der Waals surface area contributed by atoms with Crippen LogP contribution in [0.3, 0.4) is 0 Å². The summed E-state index contributed by atoms with van der Waals surface area (Å²) in [5.41, 5.74) is 1.36. The lowest BCUT2D eigenvalue weighted by Crippen LogP contribution is -2.17. The van der Waals surface area contributed by atoms with Crippen molar-refractivity contribution in [2.75, 3.05) is 11.1 Å². The van der Waals surface area contributed by atoms with E-state index in [2.05, 4.69) is 25.1 Å². The van der Waals surface area contributed by atoms with E-state index in [1.165, 1.54) is 43.2 Å². The second-order valence-electron chi connectivity index (χ2n) is 7.06. The Hall–Kier alpha value is -2.74. The molecule has 29 heavy (non-hydrogen) atoms. The van der Waals surface area contributed by atoms with E-state index in [4.69, 9.17) is 0 Å². The molecule has 0 saturated heterocycles.